The first kappa shape index (κ1) is 14.8. The first-order chi connectivity index (χ1) is 8.95. The third kappa shape index (κ3) is 3.11. The molecule has 2 unspecified atom stereocenters. The lowest BCUT2D eigenvalue weighted by atomic mass is 9.94. The molecule has 19 heavy (non-hydrogen) atoms. The van der Waals surface area contributed by atoms with Crippen molar-refractivity contribution in [1.29, 1.82) is 0 Å². The molecule has 1 saturated heterocycles. The number of hydrogen-bond donors (Lipinski definition) is 1. The van der Waals surface area contributed by atoms with Crippen molar-refractivity contribution in [3.8, 4) is 0 Å². The molecule has 6 heteroatoms. The van der Waals surface area contributed by atoms with E-state index in [0.717, 1.165) is 12.8 Å². The predicted octanol–water partition coefficient (Wildman–Crippen LogP) is 2.09. The maximum absolute atomic E-state index is 12.6. The largest absolute Gasteiger partial charge is 0.329 e. The van der Waals surface area contributed by atoms with Gasteiger partial charge in [0.1, 0.15) is 0 Å². The molecule has 1 aromatic rings. The zero-order valence-corrected chi connectivity index (χ0v) is 12.5. The van der Waals surface area contributed by atoms with E-state index in [1.807, 2.05) is 0 Å². The number of halogens is 1. The molecule has 0 aliphatic carbocycles. The van der Waals surface area contributed by atoms with Crippen LogP contribution in [0, 0.1) is 5.92 Å². The second kappa shape index (κ2) is 5.79. The first-order valence-corrected chi connectivity index (χ1v) is 8.24. The maximum Gasteiger partial charge on any atom is 0.243 e. The average Bonchev–Trinajstić information content (AvgIpc) is 2.38. The van der Waals surface area contributed by atoms with Crippen molar-refractivity contribution >= 4 is 21.6 Å². The van der Waals surface area contributed by atoms with Crippen LogP contribution in [0.25, 0.3) is 0 Å². The van der Waals surface area contributed by atoms with Gasteiger partial charge in [-0.3, -0.25) is 0 Å². The van der Waals surface area contributed by atoms with Crippen LogP contribution in [0.4, 0.5) is 0 Å². The van der Waals surface area contributed by atoms with E-state index in [2.05, 4.69) is 6.92 Å². The standard InChI is InChI=1S/C13H19ClN2O2S/c1-10-5-6-16(12(7-10)9-15)19(17,18)13-4-2-3-11(14)8-13/h2-4,8,10,12H,5-7,9,15H2,1H3. The Morgan fingerprint density at radius 2 is 2.21 bits per heavy atom. The fraction of sp³-hybridized carbons (Fsp3) is 0.538. The number of rotatable bonds is 3. The molecule has 2 N–H and O–H groups in total. The summed E-state index contributed by atoms with van der Waals surface area (Å²) in [7, 11) is -3.50. The predicted molar refractivity (Wildman–Crippen MR) is 76.6 cm³/mol. The van der Waals surface area contributed by atoms with Gasteiger partial charge < -0.3 is 5.73 Å². The fourth-order valence-electron chi connectivity index (χ4n) is 2.52. The normalized spacial score (nSPS) is 25.4. The number of hydrogen-bond acceptors (Lipinski definition) is 3. The molecule has 0 radical (unpaired) electrons. The van der Waals surface area contributed by atoms with Crippen molar-refractivity contribution in [2.75, 3.05) is 13.1 Å². The van der Waals surface area contributed by atoms with Crippen molar-refractivity contribution in [2.45, 2.75) is 30.7 Å². The topological polar surface area (TPSA) is 63.4 Å². The molecule has 1 aliphatic rings. The summed E-state index contributed by atoms with van der Waals surface area (Å²) in [5, 5.41) is 0.427. The summed E-state index contributed by atoms with van der Waals surface area (Å²) in [6.45, 7) is 3.01. The molecule has 0 spiro atoms. The van der Waals surface area contributed by atoms with Gasteiger partial charge in [-0.05, 0) is 37.0 Å². The third-order valence-corrected chi connectivity index (χ3v) is 5.78. The lowest BCUT2D eigenvalue weighted by Crippen LogP contribution is -2.49. The van der Waals surface area contributed by atoms with Gasteiger partial charge in [0, 0.05) is 24.2 Å². The summed E-state index contributed by atoms with van der Waals surface area (Å²) in [6.07, 6.45) is 1.69. The summed E-state index contributed by atoms with van der Waals surface area (Å²) in [5.74, 6) is 0.513. The molecule has 2 atom stereocenters. The van der Waals surface area contributed by atoms with E-state index in [0.29, 0.717) is 24.0 Å². The summed E-state index contributed by atoms with van der Waals surface area (Å²) >= 11 is 5.88. The fourth-order valence-corrected chi connectivity index (χ4v) is 4.49. The van der Waals surface area contributed by atoms with E-state index in [-0.39, 0.29) is 10.9 Å². The molecule has 0 saturated carbocycles. The SMILES string of the molecule is CC1CCN(S(=O)(=O)c2cccc(Cl)c2)C(CN)C1. The number of nitrogens with zero attached hydrogens (tertiary/aromatic N) is 1. The van der Waals surface area contributed by atoms with Crippen molar-refractivity contribution < 1.29 is 8.42 Å². The molecule has 0 bridgehead atoms. The van der Waals surface area contributed by atoms with E-state index in [1.54, 1.807) is 18.2 Å². The van der Waals surface area contributed by atoms with Gasteiger partial charge in [0.15, 0.2) is 0 Å². The van der Waals surface area contributed by atoms with Crippen molar-refractivity contribution in [1.82, 2.24) is 4.31 Å². The van der Waals surface area contributed by atoms with Crippen LogP contribution >= 0.6 is 11.6 Å². The quantitative estimate of drug-likeness (QED) is 0.930. The van der Waals surface area contributed by atoms with Crippen LogP contribution in [-0.2, 0) is 10.0 Å². The van der Waals surface area contributed by atoms with Gasteiger partial charge in [0.2, 0.25) is 10.0 Å². The maximum atomic E-state index is 12.6. The van der Waals surface area contributed by atoms with Gasteiger partial charge in [0.05, 0.1) is 4.90 Å². The number of sulfonamides is 1. The molecule has 0 aromatic heterocycles. The Hall–Kier alpha value is -0.620. The van der Waals surface area contributed by atoms with Crippen LogP contribution in [0.1, 0.15) is 19.8 Å². The number of piperidine rings is 1. The molecule has 2 rings (SSSR count). The Labute approximate surface area is 119 Å². The van der Waals surface area contributed by atoms with Crippen molar-refractivity contribution in [3.05, 3.63) is 29.3 Å². The molecule has 1 aromatic carbocycles. The average molecular weight is 303 g/mol. The van der Waals surface area contributed by atoms with E-state index in [1.165, 1.54) is 10.4 Å². The van der Waals surface area contributed by atoms with E-state index >= 15 is 0 Å². The highest BCUT2D eigenvalue weighted by molar-refractivity contribution is 7.89. The zero-order valence-electron chi connectivity index (χ0n) is 10.9. The number of nitrogens with two attached hydrogens (primary N) is 1. The molecular formula is C13H19ClN2O2S. The summed E-state index contributed by atoms with van der Waals surface area (Å²) in [6, 6.07) is 6.26. The lowest BCUT2D eigenvalue weighted by Gasteiger charge is -2.36. The molecule has 4 nitrogen and oxygen atoms in total. The van der Waals surface area contributed by atoms with E-state index < -0.39 is 10.0 Å². The van der Waals surface area contributed by atoms with Crippen LogP contribution in [0.2, 0.25) is 5.02 Å². The van der Waals surface area contributed by atoms with Crippen molar-refractivity contribution in [2.24, 2.45) is 11.7 Å². The van der Waals surface area contributed by atoms with Gasteiger partial charge in [-0.2, -0.15) is 4.31 Å². The summed E-state index contributed by atoms with van der Waals surface area (Å²) < 4.78 is 26.8. The summed E-state index contributed by atoms with van der Waals surface area (Å²) in [4.78, 5) is 0.244. The monoisotopic (exact) mass is 302 g/mol. The second-order valence-corrected chi connectivity index (χ2v) is 7.42. The van der Waals surface area contributed by atoms with Crippen LogP contribution in [0.5, 0.6) is 0 Å². The zero-order chi connectivity index (χ0) is 14.0. The van der Waals surface area contributed by atoms with Gasteiger partial charge in [-0.25, -0.2) is 8.42 Å². The first-order valence-electron chi connectivity index (χ1n) is 6.42. The van der Waals surface area contributed by atoms with Crippen LogP contribution in [-0.4, -0.2) is 31.9 Å². The molecule has 106 valence electrons. The van der Waals surface area contributed by atoms with Crippen LogP contribution < -0.4 is 5.73 Å². The summed E-state index contributed by atoms with van der Waals surface area (Å²) in [5.41, 5.74) is 5.73. The highest BCUT2D eigenvalue weighted by Gasteiger charge is 2.34. The Morgan fingerprint density at radius 3 is 2.84 bits per heavy atom. The Bertz CT molecular complexity index is 547. The van der Waals surface area contributed by atoms with Gasteiger partial charge >= 0.3 is 0 Å². The molecule has 1 fully saturated rings. The highest BCUT2D eigenvalue weighted by atomic mass is 35.5. The smallest absolute Gasteiger partial charge is 0.243 e. The minimum atomic E-state index is -3.50. The minimum absolute atomic E-state index is 0.118. The van der Waals surface area contributed by atoms with Crippen LogP contribution in [0.15, 0.2) is 29.2 Å². The Morgan fingerprint density at radius 1 is 1.47 bits per heavy atom. The number of benzene rings is 1. The second-order valence-electron chi connectivity index (χ2n) is 5.09. The Balaban J connectivity index is 2.33. The molecular weight excluding hydrogens is 284 g/mol. The highest BCUT2D eigenvalue weighted by Crippen LogP contribution is 2.28. The third-order valence-electron chi connectivity index (χ3n) is 3.60. The van der Waals surface area contributed by atoms with Gasteiger partial charge in [-0.15, -0.1) is 0 Å². The van der Waals surface area contributed by atoms with Gasteiger partial charge in [0.25, 0.3) is 0 Å². The van der Waals surface area contributed by atoms with Crippen LogP contribution in [0.3, 0.4) is 0 Å². The molecule has 0 amide bonds. The molecule has 1 heterocycles. The molecule has 1 aliphatic heterocycles. The van der Waals surface area contributed by atoms with Crippen molar-refractivity contribution in [3.63, 3.8) is 0 Å². The van der Waals surface area contributed by atoms with E-state index in [4.69, 9.17) is 17.3 Å². The van der Waals surface area contributed by atoms with Gasteiger partial charge in [-0.1, -0.05) is 24.6 Å². The Kier molecular flexibility index (Phi) is 4.50. The van der Waals surface area contributed by atoms with E-state index in [9.17, 15) is 8.42 Å². The lowest BCUT2D eigenvalue weighted by molar-refractivity contribution is 0.211. The minimum Gasteiger partial charge on any atom is -0.329 e.